The van der Waals surface area contributed by atoms with Crippen molar-refractivity contribution < 1.29 is 9.53 Å². The molecule has 1 fully saturated rings. The Labute approximate surface area is 107 Å². The van der Waals surface area contributed by atoms with Gasteiger partial charge in [-0.25, -0.2) is 0 Å². The summed E-state index contributed by atoms with van der Waals surface area (Å²) in [4.78, 5) is 12.0. The lowest BCUT2D eigenvalue weighted by Crippen LogP contribution is -2.21. The zero-order valence-electron chi connectivity index (χ0n) is 10.5. The summed E-state index contributed by atoms with van der Waals surface area (Å²) < 4.78 is 5.45. The molecule has 94 valence electrons. The molecular weight excluding hydrogens is 268 g/mol. The van der Waals surface area contributed by atoms with Crippen molar-refractivity contribution in [2.45, 2.75) is 63.8 Å². The van der Waals surface area contributed by atoms with E-state index in [4.69, 9.17) is 4.74 Å². The number of carbonyl (C=O) groups is 1. The molecule has 0 aromatic rings. The topological polar surface area (TPSA) is 26.3 Å². The van der Waals surface area contributed by atoms with Crippen molar-refractivity contribution in [3.8, 4) is 0 Å². The number of alkyl halides is 1. The zero-order chi connectivity index (χ0) is 12.1. The standard InChI is InChI=1S/C13H23BrO2/c1-4-5-6-10-8-12(16-13(10)15)11(14)7-9(2)3/h9-12H,4-8H2,1-3H3/t10?,11-,12-/m1/s1. The third-order valence-electron chi connectivity index (χ3n) is 3.12. The number of cyclic esters (lactones) is 1. The molecule has 1 heterocycles. The fraction of sp³-hybridized carbons (Fsp3) is 0.923. The number of ether oxygens (including phenoxy) is 1. The molecule has 3 atom stereocenters. The van der Waals surface area contributed by atoms with Gasteiger partial charge >= 0.3 is 5.97 Å². The van der Waals surface area contributed by atoms with Gasteiger partial charge in [-0.2, -0.15) is 0 Å². The monoisotopic (exact) mass is 290 g/mol. The molecular formula is C13H23BrO2. The molecule has 0 aromatic carbocycles. The summed E-state index contributed by atoms with van der Waals surface area (Å²) in [5, 5.41) is 0. The third kappa shape index (κ3) is 4.08. The highest BCUT2D eigenvalue weighted by Crippen LogP contribution is 2.32. The lowest BCUT2D eigenvalue weighted by atomic mass is 9.95. The van der Waals surface area contributed by atoms with Crippen LogP contribution in [0.5, 0.6) is 0 Å². The highest BCUT2D eigenvalue weighted by molar-refractivity contribution is 9.09. The van der Waals surface area contributed by atoms with Gasteiger partial charge in [0.2, 0.25) is 0 Å². The molecule has 0 bridgehead atoms. The van der Waals surface area contributed by atoms with Crippen LogP contribution in [0.2, 0.25) is 0 Å². The first-order valence-electron chi connectivity index (χ1n) is 6.39. The molecule has 1 aliphatic rings. The molecule has 3 heteroatoms. The number of hydrogen-bond donors (Lipinski definition) is 0. The van der Waals surface area contributed by atoms with Crippen molar-refractivity contribution in [2.24, 2.45) is 11.8 Å². The van der Waals surface area contributed by atoms with Crippen LogP contribution in [0.3, 0.4) is 0 Å². The van der Waals surface area contributed by atoms with Crippen LogP contribution >= 0.6 is 15.9 Å². The van der Waals surface area contributed by atoms with E-state index in [9.17, 15) is 4.79 Å². The van der Waals surface area contributed by atoms with Crippen molar-refractivity contribution in [1.82, 2.24) is 0 Å². The van der Waals surface area contributed by atoms with E-state index >= 15 is 0 Å². The number of carbonyl (C=O) groups excluding carboxylic acids is 1. The van der Waals surface area contributed by atoms with Crippen LogP contribution in [-0.4, -0.2) is 16.9 Å². The number of rotatable bonds is 6. The summed E-state index contributed by atoms with van der Waals surface area (Å²) in [7, 11) is 0. The Morgan fingerprint density at radius 3 is 2.75 bits per heavy atom. The molecule has 1 rings (SSSR count). The molecule has 16 heavy (non-hydrogen) atoms. The summed E-state index contributed by atoms with van der Waals surface area (Å²) in [6, 6.07) is 0. The van der Waals surface area contributed by atoms with E-state index in [2.05, 4.69) is 36.7 Å². The predicted molar refractivity (Wildman–Crippen MR) is 69.7 cm³/mol. The highest BCUT2D eigenvalue weighted by atomic mass is 79.9. The van der Waals surface area contributed by atoms with Crippen LogP contribution in [0.25, 0.3) is 0 Å². The van der Waals surface area contributed by atoms with Crippen molar-refractivity contribution in [3.05, 3.63) is 0 Å². The first kappa shape index (κ1) is 14.0. The molecule has 1 unspecified atom stereocenters. The average molecular weight is 291 g/mol. The Kier molecular flexibility index (Phi) is 5.81. The number of esters is 1. The van der Waals surface area contributed by atoms with Gasteiger partial charge < -0.3 is 4.74 Å². The average Bonchev–Trinajstić information content (AvgIpc) is 2.56. The predicted octanol–water partition coefficient (Wildman–Crippen LogP) is 3.92. The van der Waals surface area contributed by atoms with Crippen LogP contribution in [0, 0.1) is 11.8 Å². The summed E-state index contributed by atoms with van der Waals surface area (Å²) in [5.74, 6) is 0.807. The SMILES string of the molecule is CCCCC1C[C@H]([C@H](Br)CC(C)C)OC1=O. The first-order chi connectivity index (χ1) is 7.54. The smallest absolute Gasteiger partial charge is 0.309 e. The van der Waals surface area contributed by atoms with Gasteiger partial charge in [0, 0.05) is 0 Å². The fourth-order valence-electron chi connectivity index (χ4n) is 2.18. The van der Waals surface area contributed by atoms with Crippen LogP contribution < -0.4 is 0 Å². The van der Waals surface area contributed by atoms with E-state index in [0.29, 0.717) is 10.7 Å². The lowest BCUT2D eigenvalue weighted by molar-refractivity contribution is -0.144. The minimum absolute atomic E-state index is 0.0201. The first-order valence-corrected chi connectivity index (χ1v) is 7.30. The number of hydrogen-bond acceptors (Lipinski definition) is 2. The Balaban J connectivity index is 2.39. The van der Waals surface area contributed by atoms with Gasteiger partial charge in [-0.1, -0.05) is 49.5 Å². The van der Waals surface area contributed by atoms with Gasteiger partial charge in [-0.05, 0) is 25.2 Å². The van der Waals surface area contributed by atoms with E-state index in [1.54, 1.807) is 0 Å². The Morgan fingerprint density at radius 2 is 2.19 bits per heavy atom. The van der Waals surface area contributed by atoms with Gasteiger partial charge in [0.15, 0.2) is 0 Å². The minimum atomic E-state index is 0.0201. The highest BCUT2D eigenvalue weighted by Gasteiger charge is 2.37. The van der Waals surface area contributed by atoms with Crippen LogP contribution in [0.4, 0.5) is 0 Å². The molecule has 0 radical (unpaired) electrons. The van der Waals surface area contributed by atoms with E-state index < -0.39 is 0 Å². The van der Waals surface area contributed by atoms with Crippen LogP contribution in [0.15, 0.2) is 0 Å². The molecule has 0 spiro atoms. The summed E-state index contributed by atoms with van der Waals surface area (Å²) in [6.45, 7) is 6.54. The second-order valence-electron chi connectivity index (χ2n) is 5.20. The van der Waals surface area contributed by atoms with Crippen molar-refractivity contribution >= 4 is 21.9 Å². The van der Waals surface area contributed by atoms with Gasteiger partial charge in [0.25, 0.3) is 0 Å². The molecule has 0 aromatic heterocycles. The Morgan fingerprint density at radius 1 is 1.50 bits per heavy atom. The zero-order valence-corrected chi connectivity index (χ0v) is 12.1. The fourth-order valence-corrected chi connectivity index (χ4v) is 3.25. The van der Waals surface area contributed by atoms with Gasteiger partial charge in [0.05, 0.1) is 10.7 Å². The van der Waals surface area contributed by atoms with Gasteiger partial charge in [0.1, 0.15) is 6.10 Å². The van der Waals surface area contributed by atoms with E-state index in [-0.39, 0.29) is 18.0 Å². The summed E-state index contributed by atoms with van der Waals surface area (Å²) in [5.41, 5.74) is 0. The maximum atomic E-state index is 11.6. The van der Waals surface area contributed by atoms with Crippen molar-refractivity contribution in [1.29, 1.82) is 0 Å². The molecule has 0 amide bonds. The third-order valence-corrected chi connectivity index (χ3v) is 4.09. The second kappa shape index (κ2) is 6.63. The van der Waals surface area contributed by atoms with Crippen LogP contribution in [-0.2, 0) is 9.53 Å². The van der Waals surface area contributed by atoms with Gasteiger partial charge in [-0.15, -0.1) is 0 Å². The molecule has 1 saturated heterocycles. The molecule has 0 aliphatic carbocycles. The quantitative estimate of drug-likeness (QED) is 0.547. The Hall–Kier alpha value is -0.0500. The largest absolute Gasteiger partial charge is 0.461 e. The van der Waals surface area contributed by atoms with Crippen molar-refractivity contribution in [3.63, 3.8) is 0 Å². The lowest BCUT2D eigenvalue weighted by Gasteiger charge is -2.18. The maximum Gasteiger partial charge on any atom is 0.309 e. The molecule has 0 saturated carbocycles. The summed E-state index contributed by atoms with van der Waals surface area (Å²) >= 11 is 3.65. The van der Waals surface area contributed by atoms with E-state index in [1.165, 1.54) is 0 Å². The summed E-state index contributed by atoms with van der Waals surface area (Å²) in [6.07, 6.45) is 5.34. The second-order valence-corrected chi connectivity index (χ2v) is 6.37. The maximum absolute atomic E-state index is 11.6. The Bertz CT molecular complexity index is 228. The van der Waals surface area contributed by atoms with E-state index in [1.807, 2.05) is 0 Å². The molecule has 0 N–H and O–H groups in total. The number of halogens is 1. The molecule has 2 nitrogen and oxygen atoms in total. The van der Waals surface area contributed by atoms with Crippen molar-refractivity contribution in [2.75, 3.05) is 0 Å². The van der Waals surface area contributed by atoms with E-state index in [0.717, 1.165) is 32.1 Å². The van der Waals surface area contributed by atoms with Gasteiger partial charge in [-0.3, -0.25) is 4.79 Å². The number of unbranched alkanes of at least 4 members (excludes halogenated alkanes) is 1. The molecule has 1 aliphatic heterocycles. The minimum Gasteiger partial charge on any atom is -0.461 e. The normalized spacial score (nSPS) is 27.2. The van der Waals surface area contributed by atoms with Crippen LogP contribution in [0.1, 0.15) is 52.9 Å².